The number of likely N-dealkylation sites (N-methyl/N-ethyl adjacent to an activating group) is 1. The third-order valence-corrected chi connectivity index (χ3v) is 6.56. The summed E-state index contributed by atoms with van der Waals surface area (Å²) in [6.07, 6.45) is 0.213. The van der Waals surface area contributed by atoms with E-state index >= 15 is 0 Å². The third-order valence-electron chi connectivity index (χ3n) is 5.38. The summed E-state index contributed by atoms with van der Waals surface area (Å²) >= 11 is 6.87. The lowest BCUT2D eigenvalue weighted by Gasteiger charge is -2.28. The Morgan fingerprint density at radius 3 is 2.70 bits per heavy atom. The molecule has 33 heavy (non-hydrogen) atoms. The van der Waals surface area contributed by atoms with Crippen molar-refractivity contribution in [2.45, 2.75) is 13.0 Å². The summed E-state index contributed by atoms with van der Waals surface area (Å²) in [6, 6.07) is 11.6. The number of thiophene rings is 1. The first kappa shape index (κ1) is 23.1. The normalized spacial score (nSPS) is 13.7. The van der Waals surface area contributed by atoms with Crippen molar-refractivity contribution in [2.75, 3.05) is 50.1 Å². The average Bonchev–Trinajstić information content (AvgIpc) is 3.48. The van der Waals surface area contributed by atoms with Crippen LogP contribution in [0.4, 0.5) is 11.4 Å². The number of amides is 2. The third kappa shape index (κ3) is 5.86. The van der Waals surface area contributed by atoms with Crippen molar-refractivity contribution in [3.05, 3.63) is 46.5 Å². The van der Waals surface area contributed by atoms with Gasteiger partial charge in [0, 0.05) is 44.5 Å². The maximum atomic E-state index is 12.6. The number of H-pyrrole nitrogens is 1. The largest absolute Gasteiger partial charge is 0.378 e. The highest BCUT2D eigenvalue weighted by Gasteiger charge is 2.16. The molecule has 0 atom stereocenters. The monoisotopic (exact) mass is 486 g/mol. The minimum Gasteiger partial charge on any atom is -0.378 e. The molecule has 3 heterocycles. The van der Waals surface area contributed by atoms with E-state index in [1.807, 2.05) is 46.3 Å². The fourth-order valence-electron chi connectivity index (χ4n) is 3.60. The van der Waals surface area contributed by atoms with Crippen LogP contribution in [0.25, 0.3) is 10.7 Å². The number of nitrogens with one attached hydrogen (secondary N) is 2. The molecular formula is C22H26N6O3S2. The van der Waals surface area contributed by atoms with Crippen molar-refractivity contribution >= 4 is 46.7 Å². The average molecular weight is 487 g/mol. The van der Waals surface area contributed by atoms with Crippen molar-refractivity contribution in [1.82, 2.24) is 19.7 Å². The number of nitrogens with zero attached hydrogens (tertiary/aromatic N) is 4. The molecule has 2 amide bonds. The van der Waals surface area contributed by atoms with Gasteiger partial charge in [0.15, 0.2) is 10.6 Å². The highest BCUT2D eigenvalue weighted by atomic mass is 32.1. The van der Waals surface area contributed by atoms with E-state index in [9.17, 15) is 9.59 Å². The summed E-state index contributed by atoms with van der Waals surface area (Å²) < 4.78 is 7.65. The van der Waals surface area contributed by atoms with Gasteiger partial charge in [0.25, 0.3) is 0 Å². The molecule has 1 fully saturated rings. The van der Waals surface area contributed by atoms with E-state index in [0.29, 0.717) is 22.8 Å². The summed E-state index contributed by atoms with van der Waals surface area (Å²) in [5.74, 6) is 0.320. The molecule has 1 saturated heterocycles. The Labute approximate surface area is 201 Å². The molecule has 0 spiro atoms. The number of anilines is 2. The molecule has 0 bridgehead atoms. The van der Waals surface area contributed by atoms with Gasteiger partial charge in [0.1, 0.15) is 0 Å². The number of benzene rings is 1. The van der Waals surface area contributed by atoms with E-state index in [4.69, 9.17) is 17.0 Å². The Kier molecular flexibility index (Phi) is 7.53. The van der Waals surface area contributed by atoms with Gasteiger partial charge in [-0.3, -0.25) is 19.3 Å². The van der Waals surface area contributed by atoms with Gasteiger partial charge in [-0.25, -0.2) is 0 Å². The Morgan fingerprint density at radius 2 is 2.00 bits per heavy atom. The summed E-state index contributed by atoms with van der Waals surface area (Å²) in [6.45, 7) is 3.52. The Balaban J connectivity index is 1.27. The Hall–Kier alpha value is -3.02. The SMILES string of the molecule is CN(CC(=O)Nc1ccc(N2CCOCC2)cc1)C(=O)CCn1c(-c2cccs2)n[nH]c1=S. The number of rotatable bonds is 8. The minimum atomic E-state index is -0.246. The molecule has 174 valence electrons. The van der Waals surface area contributed by atoms with Gasteiger partial charge < -0.3 is 19.9 Å². The van der Waals surface area contributed by atoms with Gasteiger partial charge in [0.05, 0.1) is 24.6 Å². The van der Waals surface area contributed by atoms with E-state index in [-0.39, 0.29) is 24.8 Å². The number of aromatic amines is 1. The molecule has 0 radical (unpaired) electrons. The zero-order chi connectivity index (χ0) is 23.2. The van der Waals surface area contributed by atoms with Crippen LogP contribution in [0.15, 0.2) is 41.8 Å². The van der Waals surface area contributed by atoms with Crippen LogP contribution in [0.5, 0.6) is 0 Å². The van der Waals surface area contributed by atoms with Crippen LogP contribution < -0.4 is 10.2 Å². The molecule has 1 aliphatic heterocycles. The van der Waals surface area contributed by atoms with E-state index in [1.165, 1.54) is 4.90 Å². The molecule has 1 aliphatic rings. The first-order chi connectivity index (χ1) is 16.0. The molecular weight excluding hydrogens is 460 g/mol. The van der Waals surface area contributed by atoms with Crippen molar-refractivity contribution in [2.24, 2.45) is 0 Å². The lowest BCUT2D eigenvalue weighted by Crippen LogP contribution is -2.36. The Morgan fingerprint density at radius 1 is 1.24 bits per heavy atom. The molecule has 9 nitrogen and oxygen atoms in total. The van der Waals surface area contributed by atoms with Gasteiger partial charge in [-0.1, -0.05) is 6.07 Å². The number of aromatic nitrogens is 3. The van der Waals surface area contributed by atoms with Crippen molar-refractivity contribution in [3.8, 4) is 10.7 Å². The second-order valence-electron chi connectivity index (χ2n) is 7.68. The van der Waals surface area contributed by atoms with Crippen LogP contribution >= 0.6 is 23.6 Å². The van der Waals surface area contributed by atoms with Crippen LogP contribution in [0.1, 0.15) is 6.42 Å². The van der Waals surface area contributed by atoms with E-state index < -0.39 is 0 Å². The minimum absolute atomic E-state index is 0.0292. The molecule has 0 saturated carbocycles. The summed E-state index contributed by atoms with van der Waals surface area (Å²) in [7, 11) is 1.62. The fraction of sp³-hybridized carbons (Fsp3) is 0.364. The van der Waals surface area contributed by atoms with Gasteiger partial charge in [-0.05, 0) is 47.9 Å². The summed E-state index contributed by atoms with van der Waals surface area (Å²) in [4.78, 5) is 29.7. The zero-order valence-corrected chi connectivity index (χ0v) is 20.0. The lowest BCUT2D eigenvalue weighted by molar-refractivity contribution is -0.133. The van der Waals surface area contributed by atoms with Gasteiger partial charge in [-0.15, -0.1) is 11.3 Å². The van der Waals surface area contributed by atoms with Crippen LogP contribution in [-0.4, -0.2) is 71.4 Å². The lowest BCUT2D eigenvalue weighted by atomic mass is 10.2. The van der Waals surface area contributed by atoms with Gasteiger partial charge in [-0.2, -0.15) is 5.10 Å². The number of ether oxygens (including phenoxy) is 1. The molecule has 2 N–H and O–H groups in total. The number of morpholine rings is 1. The molecule has 4 rings (SSSR count). The second-order valence-corrected chi connectivity index (χ2v) is 9.01. The summed E-state index contributed by atoms with van der Waals surface area (Å²) in [5.41, 5.74) is 1.80. The predicted molar refractivity (Wildman–Crippen MR) is 131 cm³/mol. The highest BCUT2D eigenvalue weighted by Crippen LogP contribution is 2.23. The first-order valence-corrected chi connectivity index (χ1v) is 12.0. The van der Waals surface area contributed by atoms with Gasteiger partial charge >= 0.3 is 0 Å². The molecule has 0 aliphatic carbocycles. The fourth-order valence-corrected chi connectivity index (χ4v) is 4.54. The second kappa shape index (κ2) is 10.7. The number of carbonyl (C=O) groups is 2. The maximum Gasteiger partial charge on any atom is 0.243 e. The van der Waals surface area contributed by atoms with Crippen LogP contribution in [0.2, 0.25) is 0 Å². The number of hydrogen-bond donors (Lipinski definition) is 2. The molecule has 2 aromatic heterocycles. The Bertz CT molecular complexity index is 1130. The predicted octanol–water partition coefficient (Wildman–Crippen LogP) is 2.99. The molecule has 0 unspecified atom stereocenters. The first-order valence-electron chi connectivity index (χ1n) is 10.7. The maximum absolute atomic E-state index is 12.6. The standard InChI is InChI=1S/C22H26N6O3S2/c1-26(20(30)8-9-28-21(24-25-22(28)32)18-3-2-14-33-18)15-19(29)23-16-4-6-17(7-5-16)27-10-12-31-13-11-27/h2-7,14H,8-13,15H2,1H3,(H,23,29)(H,25,32). The van der Waals surface area contributed by atoms with Crippen molar-refractivity contribution < 1.29 is 14.3 Å². The van der Waals surface area contributed by atoms with Crippen LogP contribution in [-0.2, 0) is 20.9 Å². The van der Waals surface area contributed by atoms with Crippen LogP contribution in [0.3, 0.4) is 0 Å². The van der Waals surface area contributed by atoms with Crippen molar-refractivity contribution in [3.63, 3.8) is 0 Å². The quantitative estimate of drug-likeness (QED) is 0.476. The van der Waals surface area contributed by atoms with Crippen LogP contribution in [0, 0.1) is 4.77 Å². The zero-order valence-electron chi connectivity index (χ0n) is 18.3. The van der Waals surface area contributed by atoms with E-state index in [1.54, 1.807) is 18.4 Å². The molecule has 1 aromatic carbocycles. The molecule has 11 heteroatoms. The van der Waals surface area contributed by atoms with Crippen molar-refractivity contribution in [1.29, 1.82) is 0 Å². The molecule has 3 aromatic rings. The highest BCUT2D eigenvalue weighted by molar-refractivity contribution is 7.71. The van der Waals surface area contributed by atoms with Gasteiger partial charge in [0.2, 0.25) is 11.8 Å². The summed E-state index contributed by atoms with van der Waals surface area (Å²) in [5, 5.41) is 11.9. The number of carbonyl (C=O) groups excluding carboxylic acids is 2. The van der Waals surface area contributed by atoms with E-state index in [2.05, 4.69) is 20.4 Å². The topological polar surface area (TPSA) is 95.5 Å². The van der Waals surface area contributed by atoms with E-state index in [0.717, 1.165) is 36.9 Å². The smallest absolute Gasteiger partial charge is 0.243 e. The number of hydrogen-bond acceptors (Lipinski definition) is 7.